The van der Waals surface area contributed by atoms with Crippen LogP contribution in [0.25, 0.3) is 0 Å². The van der Waals surface area contributed by atoms with Crippen LogP contribution in [0.15, 0.2) is 48.6 Å². The molecule has 5 heteroatoms. The molecule has 0 aliphatic heterocycles. The molecule has 1 aromatic carbocycles. The predicted octanol–water partition coefficient (Wildman–Crippen LogP) is 3.85. The minimum atomic E-state index is -1.11. The molecule has 0 aromatic heterocycles. The van der Waals surface area contributed by atoms with E-state index in [1.807, 2.05) is 24.3 Å². The molecule has 1 saturated carbocycles. The Morgan fingerprint density at radius 1 is 1.21 bits per heavy atom. The highest BCUT2D eigenvalue weighted by Gasteiger charge is 2.40. The first-order chi connectivity index (χ1) is 14.0. The zero-order chi connectivity index (χ0) is 20.8. The van der Waals surface area contributed by atoms with E-state index < -0.39 is 30.3 Å². The highest BCUT2D eigenvalue weighted by molar-refractivity contribution is 5.66. The zero-order valence-electron chi connectivity index (χ0n) is 16.7. The molecule has 5 atom stereocenters. The summed E-state index contributed by atoms with van der Waals surface area (Å²) in [6.45, 7) is 0. The summed E-state index contributed by atoms with van der Waals surface area (Å²) >= 11 is 0. The lowest BCUT2D eigenvalue weighted by Crippen LogP contribution is -2.21. The maximum Gasteiger partial charge on any atom is 0.303 e. The Bertz CT molecular complexity index is 719. The van der Waals surface area contributed by atoms with Gasteiger partial charge >= 0.3 is 5.97 Å². The van der Waals surface area contributed by atoms with Crippen LogP contribution in [-0.2, 0) is 17.6 Å². The molecule has 0 bridgehead atoms. The molecule has 0 unspecified atom stereocenters. The van der Waals surface area contributed by atoms with Gasteiger partial charge < -0.3 is 15.3 Å². The van der Waals surface area contributed by atoms with Crippen molar-refractivity contribution in [3.63, 3.8) is 0 Å². The molecule has 4 nitrogen and oxygen atoms in total. The van der Waals surface area contributed by atoms with Crippen molar-refractivity contribution in [3.8, 4) is 0 Å². The Morgan fingerprint density at radius 3 is 2.55 bits per heavy atom. The molecule has 0 heterocycles. The van der Waals surface area contributed by atoms with E-state index in [0.29, 0.717) is 19.3 Å². The average molecular weight is 403 g/mol. The Balaban J connectivity index is 1.53. The molecule has 0 spiro atoms. The molecular weight excluding hydrogens is 371 g/mol. The minimum absolute atomic E-state index is 0.112. The topological polar surface area (TPSA) is 77.8 Å². The number of carboxylic acid groups (broad SMARTS) is 1. The van der Waals surface area contributed by atoms with Crippen LogP contribution < -0.4 is 0 Å². The van der Waals surface area contributed by atoms with Crippen molar-refractivity contribution in [2.24, 2.45) is 17.8 Å². The quantitative estimate of drug-likeness (QED) is 0.433. The van der Waals surface area contributed by atoms with Crippen LogP contribution in [0.5, 0.6) is 0 Å². The molecule has 3 N–H and O–H groups in total. The van der Waals surface area contributed by atoms with Crippen molar-refractivity contribution < 1.29 is 24.5 Å². The van der Waals surface area contributed by atoms with Crippen LogP contribution in [0.1, 0.15) is 43.2 Å². The number of hydrogen-bond acceptors (Lipinski definition) is 3. The number of hydrogen-bond donors (Lipinski definition) is 3. The number of carbonyl (C=O) groups is 1. The number of alkyl halides is 1. The number of aliphatic carboxylic acids is 1. The third-order valence-corrected chi connectivity index (χ3v) is 6.31. The SMILES string of the molecule is O=C(O)CCC/C=C\C[C@@H]1[C@@H](/C=C\[C@H](O)C2Cc3ccccc3C2)[C@@H](F)C[C@@H]1O. The lowest BCUT2D eigenvalue weighted by molar-refractivity contribution is -0.137. The van der Waals surface area contributed by atoms with Crippen molar-refractivity contribution in [2.75, 3.05) is 0 Å². The van der Waals surface area contributed by atoms with Gasteiger partial charge in [0.25, 0.3) is 0 Å². The van der Waals surface area contributed by atoms with Gasteiger partial charge in [-0.25, -0.2) is 4.39 Å². The largest absolute Gasteiger partial charge is 0.481 e. The number of carboxylic acids is 1. The Morgan fingerprint density at radius 2 is 1.90 bits per heavy atom. The molecule has 158 valence electrons. The van der Waals surface area contributed by atoms with Gasteiger partial charge in [-0.3, -0.25) is 4.79 Å². The minimum Gasteiger partial charge on any atom is -0.481 e. The molecule has 2 aliphatic rings. The highest BCUT2D eigenvalue weighted by Crippen LogP contribution is 2.38. The van der Waals surface area contributed by atoms with Crippen LogP contribution in [0.3, 0.4) is 0 Å². The van der Waals surface area contributed by atoms with Gasteiger partial charge in [-0.1, -0.05) is 48.6 Å². The second-order valence-corrected chi connectivity index (χ2v) is 8.37. The van der Waals surface area contributed by atoms with Crippen molar-refractivity contribution in [1.29, 1.82) is 0 Å². The maximum absolute atomic E-state index is 14.5. The third kappa shape index (κ3) is 5.77. The molecule has 0 saturated heterocycles. The van der Waals surface area contributed by atoms with Crippen molar-refractivity contribution >= 4 is 5.97 Å². The number of benzene rings is 1. The van der Waals surface area contributed by atoms with E-state index in [0.717, 1.165) is 12.8 Å². The van der Waals surface area contributed by atoms with Gasteiger partial charge in [0.15, 0.2) is 0 Å². The Labute approximate surface area is 171 Å². The summed E-state index contributed by atoms with van der Waals surface area (Å²) in [5.74, 6) is -1.32. The van der Waals surface area contributed by atoms with E-state index in [1.54, 1.807) is 12.2 Å². The van der Waals surface area contributed by atoms with Crippen LogP contribution in [0.2, 0.25) is 0 Å². The number of halogens is 1. The van der Waals surface area contributed by atoms with Crippen molar-refractivity contribution in [3.05, 3.63) is 59.7 Å². The first kappa shape index (κ1) is 21.7. The van der Waals surface area contributed by atoms with Gasteiger partial charge in [-0.15, -0.1) is 0 Å². The summed E-state index contributed by atoms with van der Waals surface area (Å²) in [6.07, 6.45) is 8.57. The summed E-state index contributed by atoms with van der Waals surface area (Å²) < 4.78 is 14.5. The van der Waals surface area contributed by atoms with Crippen LogP contribution in [0, 0.1) is 17.8 Å². The van der Waals surface area contributed by atoms with Crippen LogP contribution >= 0.6 is 0 Å². The highest BCUT2D eigenvalue weighted by atomic mass is 19.1. The fourth-order valence-electron chi connectivity index (χ4n) is 4.64. The first-order valence-corrected chi connectivity index (χ1v) is 10.6. The summed E-state index contributed by atoms with van der Waals surface area (Å²) in [5, 5.41) is 29.5. The van der Waals surface area contributed by atoms with E-state index in [1.165, 1.54) is 11.1 Å². The van der Waals surface area contributed by atoms with E-state index in [9.17, 15) is 19.4 Å². The van der Waals surface area contributed by atoms with Crippen molar-refractivity contribution in [2.45, 2.75) is 63.3 Å². The average Bonchev–Trinajstić information content (AvgIpc) is 3.23. The third-order valence-electron chi connectivity index (χ3n) is 6.31. The normalized spacial score (nSPS) is 28.4. The van der Waals surface area contributed by atoms with Gasteiger partial charge in [0.1, 0.15) is 6.17 Å². The number of fused-ring (bicyclic) bond motifs is 1. The molecule has 0 amide bonds. The number of unbranched alkanes of at least 4 members (excludes halogenated alkanes) is 1. The second-order valence-electron chi connectivity index (χ2n) is 8.37. The predicted molar refractivity (Wildman–Crippen MR) is 110 cm³/mol. The zero-order valence-corrected chi connectivity index (χ0v) is 16.7. The first-order valence-electron chi connectivity index (χ1n) is 10.6. The van der Waals surface area contributed by atoms with Gasteiger partial charge in [0.2, 0.25) is 0 Å². The number of aliphatic hydroxyl groups is 2. The Kier molecular flexibility index (Phi) is 7.62. The van der Waals surface area contributed by atoms with E-state index in [4.69, 9.17) is 5.11 Å². The van der Waals surface area contributed by atoms with Gasteiger partial charge in [-0.2, -0.15) is 0 Å². The standard InChI is InChI=1S/C24H31FO4/c25-21-15-23(27)20(9-3-1-2-4-10-24(28)29)19(21)11-12-22(26)18-13-16-7-5-6-8-17(16)14-18/h1,3,5-8,11-12,18-23,26-27H,2,4,9-10,13-15H2,(H,28,29)/b3-1-,12-11-/t19-,20-,21+,22+,23+/m1/s1. The van der Waals surface area contributed by atoms with Gasteiger partial charge in [0, 0.05) is 18.8 Å². The monoisotopic (exact) mass is 402 g/mol. The van der Waals surface area contributed by atoms with Gasteiger partial charge in [0.05, 0.1) is 12.2 Å². The molecule has 2 aliphatic carbocycles. The second kappa shape index (κ2) is 10.2. The molecule has 0 radical (unpaired) electrons. The fourth-order valence-corrected chi connectivity index (χ4v) is 4.64. The fraction of sp³-hybridized carbons (Fsp3) is 0.542. The lowest BCUT2D eigenvalue weighted by Gasteiger charge is -2.20. The number of allylic oxidation sites excluding steroid dienone is 3. The smallest absolute Gasteiger partial charge is 0.303 e. The van der Waals surface area contributed by atoms with Crippen LogP contribution in [0.4, 0.5) is 4.39 Å². The summed E-state index contributed by atoms with van der Waals surface area (Å²) in [5.41, 5.74) is 2.55. The van der Waals surface area contributed by atoms with Crippen LogP contribution in [-0.4, -0.2) is 39.7 Å². The molecule has 29 heavy (non-hydrogen) atoms. The number of aliphatic hydroxyl groups excluding tert-OH is 2. The van der Waals surface area contributed by atoms with E-state index in [2.05, 4.69) is 12.1 Å². The maximum atomic E-state index is 14.5. The van der Waals surface area contributed by atoms with Gasteiger partial charge in [-0.05, 0) is 55.1 Å². The lowest BCUT2D eigenvalue weighted by atomic mass is 9.89. The molecular formula is C24H31FO4. The molecule has 1 fully saturated rings. The molecule has 1 aromatic rings. The molecule has 3 rings (SSSR count). The summed E-state index contributed by atoms with van der Waals surface area (Å²) in [6, 6.07) is 8.21. The Hall–Kier alpha value is -1.98. The van der Waals surface area contributed by atoms with E-state index in [-0.39, 0.29) is 24.7 Å². The number of rotatable bonds is 9. The van der Waals surface area contributed by atoms with E-state index >= 15 is 0 Å². The summed E-state index contributed by atoms with van der Waals surface area (Å²) in [7, 11) is 0. The summed E-state index contributed by atoms with van der Waals surface area (Å²) in [4.78, 5) is 10.5. The van der Waals surface area contributed by atoms with Crippen molar-refractivity contribution in [1.82, 2.24) is 0 Å².